The number of rotatable bonds is 2. The molecule has 4 nitrogen and oxygen atoms in total. The Morgan fingerprint density at radius 2 is 2.31 bits per heavy atom. The average molecular weight is 219 g/mol. The molecular weight excluding hydrogens is 209 g/mol. The Hall–Kier alpha value is -1.93. The lowest BCUT2D eigenvalue weighted by Gasteiger charge is -2.25. The van der Waals surface area contributed by atoms with Crippen molar-refractivity contribution in [3.8, 4) is 6.07 Å². The number of nitrogens with zero attached hydrogens (tertiary/aromatic N) is 1. The minimum Gasteiger partial charge on any atom is -0.326 e. The number of halogens is 1. The normalized spacial score (nSPS) is 15.0. The summed E-state index contributed by atoms with van der Waals surface area (Å²) >= 11 is 0. The molecule has 1 aliphatic heterocycles. The number of anilines is 1. The van der Waals surface area contributed by atoms with Crippen molar-refractivity contribution >= 4 is 11.6 Å². The number of amides is 1. The van der Waals surface area contributed by atoms with Crippen LogP contribution in [-0.4, -0.2) is 19.0 Å². The van der Waals surface area contributed by atoms with Gasteiger partial charge in [-0.2, -0.15) is 5.26 Å². The molecule has 1 amide bonds. The van der Waals surface area contributed by atoms with Crippen LogP contribution < -0.4 is 10.6 Å². The SMILES string of the molecule is N#Cc1cc(NC(=O)C2CNC2)ccc1F. The maximum absolute atomic E-state index is 13.0. The third kappa shape index (κ3) is 2.02. The molecule has 1 fully saturated rings. The van der Waals surface area contributed by atoms with Crippen LogP contribution in [0.4, 0.5) is 10.1 Å². The lowest BCUT2D eigenvalue weighted by molar-refractivity contribution is -0.121. The van der Waals surface area contributed by atoms with Gasteiger partial charge in [0.1, 0.15) is 11.9 Å². The quantitative estimate of drug-likeness (QED) is 0.775. The zero-order valence-electron chi connectivity index (χ0n) is 8.46. The van der Waals surface area contributed by atoms with Gasteiger partial charge >= 0.3 is 0 Å². The molecule has 0 radical (unpaired) electrons. The van der Waals surface area contributed by atoms with Crippen LogP contribution in [0.15, 0.2) is 18.2 Å². The summed E-state index contributed by atoms with van der Waals surface area (Å²) in [4.78, 5) is 11.6. The summed E-state index contributed by atoms with van der Waals surface area (Å²) in [5, 5.41) is 14.3. The fraction of sp³-hybridized carbons (Fsp3) is 0.273. The van der Waals surface area contributed by atoms with E-state index >= 15 is 0 Å². The number of hydrogen-bond acceptors (Lipinski definition) is 3. The van der Waals surface area contributed by atoms with E-state index in [1.54, 1.807) is 6.07 Å². The predicted molar refractivity (Wildman–Crippen MR) is 56.1 cm³/mol. The Balaban J connectivity index is 2.09. The van der Waals surface area contributed by atoms with Crippen LogP contribution in [0.5, 0.6) is 0 Å². The molecule has 82 valence electrons. The van der Waals surface area contributed by atoms with E-state index in [0.29, 0.717) is 18.8 Å². The fourth-order valence-electron chi connectivity index (χ4n) is 1.41. The van der Waals surface area contributed by atoms with Gasteiger partial charge in [0.2, 0.25) is 5.91 Å². The van der Waals surface area contributed by atoms with Gasteiger partial charge in [0.25, 0.3) is 0 Å². The van der Waals surface area contributed by atoms with Crippen molar-refractivity contribution < 1.29 is 9.18 Å². The molecule has 1 aromatic rings. The van der Waals surface area contributed by atoms with Gasteiger partial charge in [-0.25, -0.2) is 4.39 Å². The molecular formula is C11H10FN3O. The number of carbonyl (C=O) groups is 1. The van der Waals surface area contributed by atoms with Crippen LogP contribution >= 0.6 is 0 Å². The highest BCUT2D eigenvalue weighted by molar-refractivity contribution is 5.93. The molecule has 2 N–H and O–H groups in total. The zero-order valence-corrected chi connectivity index (χ0v) is 8.46. The predicted octanol–water partition coefficient (Wildman–Crippen LogP) is 0.855. The van der Waals surface area contributed by atoms with E-state index in [1.165, 1.54) is 18.2 Å². The maximum atomic E-state index is 13.0. The van der Waals surface area contributed by atoms with E-state index in [2.05, 4.69) is 10.6 Å². The zero-order chi connectivity index (χ0) is 11.5. The highest BCUT2D eigenvalue weighted by atomic mass is 19.1. The second-order valence-corrected chi connectivity index (χ2v) is 3.65. The Morgan fingerprint density at radius 1 is 1.56 bits per heavy atom. The smallest absolute Gasteiger partial charge is 0.230 e. The van der Waals surface area contributed by atoms with Gasteiger partial charge in [0.05, 0.1) is 11.5 Å². The Bertz CT molecular complexity index is 463. The lowest BCUT2D eigenvalue weighted by Crippen LogP contribution is -2.48. The van der Waals surface area contributed by atoms with E-state index < -0.39 is 5.82 Å². The monoisotopic (exact) mass is 219 g/mol. The standard InChI is InChI=1S/C11H10FN3O/c12-10-2-1-9(3-7(10)4-13)15-11(16)8-5-14-6-8/h1-3,8,14H,5-6H2,(H,15,16). The molecule has 2 rings (SSSR count). The lowest BCUT2D eigenvalue weighted by atomic mass is 10.0. The number of benzene rings is 1. The molecule has 0 aromatic heterocycles. The number of carbonyl (C=O) groups excluding carboxylic acids is 1. The van der Waals surface area contributed by atoms with Crippen molar-refractivity contribution in [2.24, 2.45) is 5.92 Å². The first kappa shape index (κ1) is 10.6. The summed E-state index contributed by atoms with van der Waals surface area (Å²) in [6.07, 6.45) is 0. The molecule has 5 heteroatoms. The van der Waals surface area contributed by atoms with Crippen LogP contribution in [0, 0.1) is 23.1 Å². The van der Waals surface area contributed by atoms with E-state index in [0.717, 1.165) is 0 Å². The Labute approximate surface area is 92.1 Å². The summed E-state index contributed by atoms with van der Waals surface area (Å²) in [7, 11) is 0. The van der Waals surface area contributed by atoms with Gasteiger partial charge in [0.15, 0.2) is 0 Å². The molecule has 0 bridgehead atoms. The minimum absolute atomic E-state index is 0.0319. The third-order valence-electron chi connectivity index (χ3n) is 2.51. The first-order chi connectivity index (χ1) is 7.70. The fourth-order valence-corrected chi connectivity index (χ4v) is 1.41. The maximum Gasteiger partial charge on any atom is 0.230 e. The molecule has 0 atom stereocenters. The van der Waals surface area contributed by atoms with E-state index in [-0.39, 0.29) is 17.4 Å². The van der Waals surface area contributed by atoms with Gasteiger partial charge in [0, 0.05) is 18.8 Å². The summed E-state index contributed by atoms with van der Waals surface area (Å²) < 4.78 is 13.0. The summed E-state index contributed by atoms with van der Waals surface area (Å²) in [5.74, 6) is -0.712. The largest absolute Gasteiger partial charge is 0.326 e. The van der Waals surface area contributed by atoms with Gasteiger partial charge in [-0.1, -0.05) is 0 Å². The van der Waals surface area contributed by atoms with Crippen molar-refractivity contribution in [3.63, 3.8) is 0 Å². The summed E-state index contributed by atoms with van der Waals surface area (Å²) in [6, 6.07) is 5.68. The Morgan fingerprint density at radius 3 is 2.88 bits per heavy atom. The highest BCUT2D eigenvalue weighted by Crippen LogP contribution is 2.15. The van der Waals surface area contributed by atoms with Crippen LogP contribution in [0.1, 0.15) is 5.56 Å². The van der Waals surface area contributed by atoms with Crippen molar-refractivity contribution in [1.82, 2.24) is 5.32 Å². The molecule has 1 aliphatic rings. The molecule has 1 heterocycles. The van der Waals surface area contributed by atoms with Crippen LogP contribution in [0.2, 0.25) is 0 Å². The number of nitriles is 1. The van der Waals surface area contributed by atoms with Crippen molar-refractivity contribution in [1.29, 1.82) is 5.26 Å². The topological polar surface area (TPSA) is 64.9 Å². The summed E-state index contributed by atoms with van der Waals surface area (Å²) in [6.45, 7) is 1.33. The molecule has 0 unspecified atom stereocenters. The molecule has 1 aromatic carbocycles. The van der Waals surface area contributed by atoms with Crippen molar-refractivity contribution in [3.05, 3.63) is 29.6 Å². The molecule has 0 saturated carbocycles. The van der Waals surface area contributed by atoms with Gasteiger partial charge in [-0.15, -0.1) is 0 Å². The average Bonchev–Trinajstić information content (AvgIpc) is 2.18. The minimum atomic E-state index is -0.578. The van der Waals surface area contributed by atoms with Crippen LogP contribution in [0.25, 0.3) is 0 Å². The van der Waals surface area contributed by atoms with Crippen molar-refractivity contribution in [2.75, 3.05) is 18.4 Å². The van der Waals surface area contributed by atoms with E-state index in [1.807, 2.05) is 0 Å². The van der Waals surface area contributed by atoms with Gasteiger partial charge < -0.3 is 10.6 Å². The second kappa shape index (κ2) is 4.29. The first-order valence-corrected chi connectivity index (χ1v) is 4.92. The molecule has 16 heavy (non-hydrogen) atoms. The van der Waals surface area contributed by atoms with Crippen LogP contribution in [0.3, 0.4) is 0 Å². The van der Waals surface area contributed by atoms with E-state index in [9.17, 15) is 9.18 Å². The second-order valence-electron chi connectivity index (χ2n) is 3.65. The van der Waals surface area contributed by atoms with Gasteiger partial charge in [-0.3, -0.25) is 4.79 Å². The van der Waals surface area contributed by atoms with Crippen LogP contribution in [-0.2, 0) is 4.79 Å². The molecule has 1 saturated heterocycles. The molecule has 0 aliphatic carbocycles. The number of nitrogens with one attached hydrogen (secondary N) is 2. The van der Waals surface area contributed by atoms with E-state index in [4.69, 9.17) is 5.26 Å². The van der Waals surface area contributed by atoms with Gasteiger partial charge in [-0.05, 0) is 18.2 Å². The third-order valence-corrected chi connectivity index (χ3v) is 2.51. The number of hydrogen-bond donors (Lipinski definition) is 2. The Kier molecular flexibility index (Phi) is 2.84. The molecule has 0 spiro atoms. The van der Waals surface area contributed by atoms with Crippen molar-refractivity contribution in [2.45, 2.75) is 0 Å². The first-order valence-electron chi connectivity index (χ1n) is 4.92. The highest BCUT2D eigenvalue weighted by Gasteiger charge is 2.24. The summed E-state index contributed by atoms with van der Waals surface area (Å²) in [5.41, 5.74) is 0.388.